The SMILES string of the molecule is Brc1ccc(OC2CCC2)c(CCN2CCNCC2)c1. The third-order valence-electron chi connectivity index (χ3n) is 4.28. The van der Waals surface area contributed by atoms with Gasteiger partial charge >= 0.3 is 0 Å². The summed E-state index contributed by atoms with van der Waals surface area (Å²) in [6.07, 6.45) is 5.27. The van der Waals surface area contributed by atoms with Crippen LogP contribution in [0, 0.1) is 0 Å². The van der Waals surface area contributed by atoms with Crippen LogP contribution in [0.3, 0.4) is 0 Å². The Morgan fingerprint density at radius 3 is 2.75 bits per heavy atom. The van der Waals surface area contributed by atoms with E-state index in [1.807, 2.05) is 0 Å². The quantitative estimate of drug-likeness (QED) is 0.893. The van der Waals surface area contributed by atoms with Gasteiger partial charge in [0.25, 0.3) is 0 Å². The molecule has 3 nitrogen and oxygen atoms in total. The first-order valence-corrected chi connectivity index (χ1v) is 8.49. The monoisotopic (exact) mass is 338 g/mol. The smallest absolute Gasteiger partial charge is 0.123 e. The number of rotatable bonds is 5. The van der Waals surface area contributed by atoms with Crippen LogP contribution < -0.4 is 10.1 Å². The highest BCUT2D eigenvalue weighted by atomic mass is 79.9. The Kier molecular flexibility index (Phi) is 4.97. The Bertz CT molecular complexity index is 442. The fraction of sp³-hybridized carbons (Fsp3) is 0.625. The molecule has 0 bridgehead atoms. The molecule has 2 aliphatic rings. The maximum absolute atomic E-state index is 6.12. The van der Waals surface area contributed by atoms with Gasteiger partial charge in [-0.05, 0) is 49.4 Å². The van der Waals surface area contributed by atoms with Crippen LogP contribution in [-0.2, 0) is 6.42 Å². The van der Waals surface area contributed by atoms with Gasteiger partial charge < -0.3 is 15.0 Å². The maximum Gasteiger partial charge on any atom is 0.123 e. The first-order valence-electron chi connectivity index (χ1n) is 7.69. The largest absolute Gasteiger partial charge is 0.490 e. The summed E-state index contributed by atoms with van der Waals surface area (Å²) in [6.45, 7) is 5.67. The minimum atomic E-state index is 0.453. The number of piperazine rings is 1. The summed E-state index contributed by atoms with van der Waals surface area (Å²) in [7, 11) is 0. The van der Waals surface area contributed by atoms with Crippen LogP contribution in [0.1, 0.15) is 24.8 Å². The van der Waals surface area contributed by atoms with Gasteiger partial charge in [-0.2, -0.15) is 0 Å². The van der Waals surface area contributed by atoms with Gasteiger partial charge in [-0.25, -0.2) is 0 Å². The molecule has 4 heteroatoms. The van der Waals surface area contributed by atoms with E-state index in [1.54, 1.807) is 0 Å². The molecule has 1 N–H and O–H groups in total. The molecular weight excluding hydrogens is 316 g/mol. The fourth-order valence-electron chi connectivity index (χ4n) is 2.74. The minimum absolute atomic E-state index is 0.453. The van der Waals surface area contributed by atoms with E-state index in [-0.39, 0.29) is 0 Å². The van der Waals surface area contributed by atoms with Gasteiger partial charge in [0.15, 0.2) is 0 Å². The van der Waals surface area contributed by atoms with E-state index in [4.69, 9.17) is 4.74 Å². The van der Waals surface area contributed by atoms with Crippen molar-refractivity contribution in [1.29, 1.82) is 0 Å². The Morgan fingerprint density at radius 2 is 2.05 bits per heavy atom. The van der Waals surface area contributed by atoms with E-state index < -0.39 is 0 Å². The van der Waals surface area contributed by atoms with Crippen molar-refractivity contribution in [3.63, 3.8) is 0 Å². The van der Waals surface area contributed by atoms with Crippen molar-refractivity contribution >= 4 is 15.9 Å². The maximum atomic E-state index is 6.12. The van der Waals surface area contributed by atoms with Crippen LogP contribution in [0.5, 0.6) is 5.75 Å². The molecule has 1 heterocycles. The zero-order valence-electron chi connectivity index (χ0n) is 11.9. The molecule has 20 heavy (non-hydrogen) atoms. The molecule has 1 saturated heterocycles. The summed E-state index contributed by atoms with van der Waals surface area (Å²) >= 11 is 3.58. The molecule has 110 valence electrons. The third kappa shape index (κ3) is 3.74. The molecule has 0 spiro atoms. The van der Waals surface area contributed by atoms with Gasteiger partial charge in [0.2, 0.25) is 0 Å². The van der Waals surface area contributed by atoms with Crippen LogP contribution in [-0.4, -0.2) is 43.7 Å². The van der Waals surface area contributed by atoms with Gasteiger partial charge in [0.05, 0.1) is 6.10 Å². The zero-order chi connectivity index (χ0) is 13.8. The third-order valence-corrected chi connectivity index (χ3v) is 4.77. The minimum Gasteiger partial charge on any atom is -0.490 e. The summed E-state index contributed by atoms with van der Waals surface area (Å²) in [4.78, 5) is 2.53. The normalized spacial score (nSPS) is 20.6. The number of benzene rings is 1. The molecule has 0 aromatic heterocycles. The first kappa shape index (κ1) is 14.4. The number of hydrogen-bond donors (Lipinski definition) is 1. The molecule has 1 aromatic carbocycles. The zero-order valence-corrected chi connectivity index (χ0v) is 13.5. The molecule has 2 fully saturated rings. The Morgan fingerprint density at radius 1 is 1.25 bits per heavy atom. The summed E-state index contributed by atoms with van der Waals surface area (Å²) in [5.74, 6) is 1.09. The van der Waals surface area contributed by atoms with E-state index >= 15 is 0 Å². The molecule has 0 amide bonds. The first-order chi connectivity index (χ1) is 9.81. The number of nitrogens with zero attached hydrogens (tertiary/aromatic N) is 1. The lowest BCUT2D eigenvalue weighted by atomic mass is 9.96. The number of nitrogens with one attached hydrogen (secondary N) is 1. The van der Waals surface area contributed by atoms with Crippen LogP contribution in [0.25, 0.3) is 0 Å². The topological polar surface area (TPSA) is 24.5 Å². The summed E-state index contributed by atoms with van der Waals surface area (Å²) in [6, 6.07) is 6.42. The lowest BCUT2D eigenvalue weighted by Gasteiger charge is -2.29. The van der Waals surface area contributed by atoms with E-state index in [1.165, 1.54) is 24.8 Å². The Hall–Kier alpha value is -0.580. The predicted molar refractivity (Wildman–Crippen MR) is 85.4 cm³/mol. The molecule has 3 rings (SSSR count). The molecular formula is C16H23BrN2O. The Balaban J connectivity index is 1.61. The van der Waals surface area contributed by atoms with E-state index in [2.05, 4.69) is 44.3 Å². The standard InChI is InChI=1S/C16H23BrN2O/c17-14-4-5-16(20-15-2-1-3-15)13(12-14)6-9-19-10-7-18-8-11-19/h4-5,12,15,18H,1-3,6-11H2. The van der Waals surface area contributed by atoms with Crippen molar-refractivity contribution < 1.29 is 4.74 Å². The van der Waals surface area contributed by atoms with Gasteiger partial charge in [-0.3, -0.25) is 0 Å². The van der Waals surface area contributed by atoms with Crippen molar-refractivity contribution in [3.05, 3.63) is 28.2 Å². The summed E-state index contributed by atoms with van der Waals surface area (Å²) in [5, 5.41) is 3.40. The predicted octanol–water partition coefficient (Wildman–Crippen LogP) is 2.83. The van der Waals surface area contributed by atoms with E-state index in [0.29, 0.717) is 6.10 Å². The molecule has 1 aliphatic heterocycles. The Labute approximate surface area is 129 Å². The second-order valence-electron chi connectivity index (χ2n) is 5.76. The van der Waals surface area contributed by atoms with E-state index in [9.17, 15) is 0 Å². The average Bonchev–Trinajstić information content (AvgIpc) is 2.43. The van der Waals surface area contributed by atoms with Gasteiger partial charge in [-0.15, -0.1) is 0 Å². The number of hydrogen-bond acceptors (Lipinski definition) is 3. The highest BCUT2D eigenvalue weighted by Crippen LogP contribution is 2.30. The molecule has 0 unspecified atom stereocenters. The lowest BCUT2D eigenvalue weighted by molar-refractivity contribution is 0.118. The molecule has 0 atom stereocenters. The van der Waals surface area contributed by atoms with Crippen molar-refractivity contribution in [2.45, 2.75) is 31.8 Å². The van der Waals surface area contributed by atoms with Crippen molar-refractivity contribution in [1.82, 2.24) is 10.2 Å². The van der Waals surface area contributed by atoms with Crippen LogP contribution in [0.4, 0.5) is 0 Å². The highest BCUT2D eigenvalue weighted by Gasteiger charge is 2.20. The number of ether oxygens (including phenoxy) is 1. The van der Waals surface area contributed by atoms with Crippen LogP contribution in [0.2, 0.25) is 0 Å². The molecule has 0 radical (unpaired) electrons. The van der Waals surface area contributed by atoms with Gasteiger partial charge in [0, 0.05) is 37.2 Å². The van der Waals surface area contributed by atoms with Crippen LogP contribution in [0.15, 0.2) is 22.7 Å². The average molecular weight is 339 g/mol. The summed E-state index contributed by atoms with van der Waals surface area (Å²) < 4.78 is 7.27. The molecule has 1 saturated carbocycles. The highest BCUT2D eigenvalue weighted by molar-refractivity contribution is 9.10. The van der Waals surface area contributed by atoms with Gasteiger partial charge in [0.1, 0.15) is 5.75 Å². The van der Waals surface area contributed by atoms with Crippen LogP contribution >= 0.6 is 15.9 Å². The van der Waals surface area contributed by atoms with E-state index in [0.717, 1.165) is 49.4 Å². The van der Waals surface area contributed by atoms with Crippen molar-refractivity contribution in [2.24, 2.45) is 0 Å². The van der Waals surface area contributed by atoms with Gasteiger partial charge in [-0.1, -0.05) is 15.9 Å². The molecule has 1 aromatic rings. The lowest BCUT2D eigenvalue weighted by Crippen LogP contribution is -2.44. The van der Waals surface area contributed by atoms with Crippen molar-refractivity contribution in [3.8, 4) is 5.75 Å². The number of halogens is 1. The van der Waals surface area contributed by atoms with Crippen molar-refractivity contribution in [2.75, 3.05) is 32.7 Å². The molecule has 1 aliphatic carbocycles. The second kappa shape index (κ2) is 6.92. The fourth-order valence-corrected chi connectivity index (χ4v) is 3.15. The summed E-state index contributed by atoms with van der Waals surface area (Å²) in [5.41, 5.74) is 1.34. The second-order valence-corrected chi connectivity index (χ2v) is 6.68.